The number of aromatic amines is 1. The van der Waals surface area contributed by atoms with Crippen LogP contribution in [0.1, 0.15) is 63.9 Å². The van der Waals surface area contributed by atoms with Gasteiger partial charge in [-0.05, 0) is 105 Å². The van der Waals surface area contributed by atoms with Crippen molar-refractivity contribution in [2.24, 2.45) is 17.3 Å². The van der Waals surface area contributed by atoms with Crippen molar-refractivity contribution in [3.63, 3.8) is 0 Å². The Kier molecular flexibility index (Phi) is 6.74. The number of rotatable bonds is 1. The molecule has 0 aliphatic heterocycles. The number of fused-ring (bicyclic) bond motifs is 5. The van der Waals surface area contributed by atoms with E-state index in [9.17, 15) is 15.0 Å². The Labute approximate surface area is 218 Å². The molecular formula is C30H39ClN2O3. The van der Waals surface area contributed by atoms with Gasteiger partial charge >= 0.3 is 0 Å². The Bertz CT molecular complexity index is 1270. The average Bonchev–Trinajstić information content (AvgIpc) is 3.14. The molecule has 4 aliphatic rings. The van der Waals surface area contributed by atoms with Gasteiger partial charge in [0.1, 0.15) is 0 Å². The van der Waals surface area contributed by atoms with Gasteiger partial charge in [-0.1, -0.05) is 36.8 Å². The molecule has 4 N–H and O–H groups in total. The number of nitrogens with one attached hydrogen (secondary N) is 2. The topological polar surface area (TPSA) is 85.3 Å². The summed E-state index contributed by atoms with van der Waals surface area (Å²) in [5.74, 6) is 0.473. The third-order valence-electron chi connectivity index (χ3n) is 9.43. The molecule has 2 saturated carbocycles. The van der Waals surface area contributed by atoms with Crippen LogP contribution in [0, 0.1) is 17.3 Å². The Morgan fingerprint density at radius 1 is 1.08 bits per heavy atom. The fourth-order valence-electron chi connectivity index (χ4n) is 7.57. The van der Waals surface area contributed by atoms with E-state index in [-0.39, 0.29) is 23.0 Å². The zero-order valence-electron chi connectivity index (χ0n) is 21.6. The normalized spacial score (nSPS) is 37.4. The number of alkyl halides is 1. The first-order chi connectivity index (χ1) is 17.1. The zero-order chi connectivity index (χ0) is 25.7. The number of aliphatic hydroxyl groups excluding tert-OH is 1. The standard InChI is InChI=1S/C28H32ClNO3.C2H7N/c1-26-10-11-27(29)15-21-13-22(31)5-4-17(21)8-9-28(27,33)24(26)7-6-23(26)18-2-3-19-16-30-25(32)14-20(19)12-18;1-3-2/h2-3,6,12,14-17,22,24,31,33H,4-5,7-11,13H2,1H3,(H,30,32);3H,1-2H3/t17?,22?,24?,26?,27?,28-;/m0./s1. The SMILES string of the molecule is CC12CCC3(Cl)C=C4CC(O)CCC4CC[C@]3(O)C1CC=C2c1ccc2c[nH]c(=O)cc2c1.CNC. The Morgan fingerprint density at radius 3 is 2.64 bits per heavy atom. The summed E-state index contributed by atoms with van der Waals surface area (Å²) in [6.45, 7) is 2.29. The largest absolute Gasteiger partial charge is 0.393 e. The minimum atomic E-state index is -0.983. The molecule has 0 amide bonds. The van der Waals surface area contributed by atoms with Gasteiger partial charge in [-0.25, -0.2) is 0 Å². The molecule has 0 bridgehead atoms. The molecule has 2 fully saturated rings. The molecule has 4 aliphatic carbocycles. The van der Waals surface area contributed by atoms with Crippen LogP contribution in [-0.4, -0.2) is 45.9 Å². The summed E-state index contributed by atoms with van der Waals surface area (Å²) >= 11 is 7.34. The molecule has 0 saturated heterocycles. The highest BCUT2D eigenvalue weighted by molar-refractivity contribution is 6.26. The number of aromatic nitrogens is 1. The number of hydrogen-bond acceptors (Lipinski definition) is 4. The van der Waals surface area contributed by atoms with Gasteiger partial charge in [0.25, 0.3) is 0 Å². The molecule has 6 atom stereocenters. The average molecular weight is 511 g/mol. The second kappa shape index (κ2) is 9.43. The molecule has 1 aromatic heterocycles. The fourth-order valence-corrected chi connectivity index (χ4v) is 8.03. The number of hydrogen-bond donors (Lipinski definition) is 4. The van der Waals surface area contributed by atoms with Crippen LogP contribution in [0.25, 0.3) is 16.3 Å². The Balaban J connectivity index is 0.000000848. The van der Waals surface area contributed by atoms with Gasteiger partial charge in [0.05, 0.1) is 16.6 Å². The molecule has 1 aromatic carbocycles. The number of halogens is 1. The van der Waals surface area contributed by atoms with Crippen molar-refractivity contribution in [1.82, 2.24) is 10.3 Å². The van der Waals surface area contributed by atoms with Crippen LogP contribution >= 0.6 is 11.6 Å². The minimum absolute atomic E-state index is 0.0445. The van der Waals surface area contributed by atoms with Crippen molar-refractivity contribution in [2.45, 2.75) is 74.9 Å². The van der Waals surface area contributed by atoms with Crippen LogP contribution in [-0.2, 0) is 0 Å². The maximum absolute atomic E-state index is 12.3. The van der Waals surface area contributed by atoms with Crippen molar-refractivity contribution < 1.29 is 10.2 Å². The highest BCUT2D eigenvalue weighted by Crippen LogP contribution is 2.65. The third kappa shape index (κ3) is 4.09. The van der Waals surface area contributed by atoms with Crippen LogP contribution in [0.4, 0.5) is 0 Å². The van der Waals surface area contributed by atoms with Crippen LogP contribution in [0.2, 0.25) is 0 Å². The summed E-state index contributed by atoms with van der Waals surface area (Å²) in [7, 11) is 3.75. The first-order valence-electron chi connectivity index (χ1n) is 13.4. The van der Waals surface area contributed by atoms with Crippen molar-refractivity contribution in [3.8, 4) is 0 Å². The minimum Gasteiger partial charge on any atom is -0.393 e. The van der Waals surface area contributed by atoms with Gasteiger partial charge in [-0.15, -0.1) is 11.6 Å². The zero-order valence-corrected chi connectivity index (χ0v) is 22.4. The lowest BCUT2D eigenvalue weighted by atomic mass is 9.54. The lowest BCUT2D eigenvalue weighted by Gasteiger charge is -2.56. The van der Waals surface area contributed by atoms with Crippen LogP contribution < -0.4 is 10.9 Å². The van der Waals surface area contributed by atoms with Crippen LogP contribution in [0.15, 0.2) is 53.0 Å². The molecule has 5 nitrogen and oxygen atoms in total. The predicted octanol–water partition coefficient (Wildman–Crippen LogP) is 5.16. The monoisotopic (exact) mass is 510 g/mol. The summed E-state index contributed by atoms with van der Waals surface area (Å²) in [6, 6.07) is 7.97. The van der Waals surface area contributed by atoms with Gasteiger partial charge < -0.3 is 20.5 Å². The summed E-state index contributed by atoms with van der Waals surface area (Å²) in [5, 5.41) is 27.3. The van der Waals surface area contributed by atoms with Crippen molar-refractivity contribution in [1.29, 1.82) is 0 Å². The molecule has 36 heavy (non-hydrogen) atoms. The number of benzene rings is 1. The highest BCUT2D eigenvalue weighted by Gasteiger charge is 2.64. The summed E-state index contributed by atoms with van der Waals surface area (Å²) in [6.07, 6.45) is 12.5. The van der Waals surface area contributed by atoms with E-state index in [1.165, 1.54) is 11.1 Å². The van der Waals surface area contributed by atoms with E-state index < -0.39 is 10.5 Å². The molecule has 6 rings (SSSR count). The van der Waals surface area contributed by atoms with E-state index in [0.29, 0.717) is 18.8 Å². The first kappa shape index (κ1) is 25.7. The Hall–Kier alpha value is -1.92. The lowest BCUT2D eigenvalue weighted by Crippen LogP contribution is -2.61. The van der Waals surface area contributed by atoms with Gasteiger partial charge in [0, 0.05) is 18.2 Å². The van der Waals surface area contributed by atoms with Gasteiger partial charge in [0.15, 0.2) is 0 Å². The molecule has 2 aromatic rings. The Morgan fingerprint density at radius 2 is 1.86 bits per heavy atom. The van der Waals surface area contributed by atoms with Crippen molar-refractivity contribution >= 4 is 27.9 Å². The molecule has 0 spiro atoms. The second-order valence-corrected chi connectivity index (χ2v) is 12.3. The van der Waals surface area contributed by atoms with Gasteiger partial charge in [0.2, 0.25) is 5.56 Å². The number of aliphatic hydroxyl groups is 2. The third-order valence-corrected chi connectivity index (χ3v) is 10.1. The van der Waals surface area contributed by atoms with E-state index in [4.69, 9.17) is 11.6 Å². The van der Waals surface area contributed by atoms with Crippen molar-refractivity contribution in [2.75, 3.05) is 14.1 Å². The fraction of sp³-hybridized carbons (Fsp3) is 0.567. The summed E-state index contributed by atoms with van der Waals surface area (Å²) in [5.41, 5.74) is 2.41. The quantitative estimate of drug-likeness (QED) is 0.315. The molecule has 194 valence electrons. The lowest BCUT2D eigenvalue weighted by molar-refractivity contribution is -0.106. The summed E-state index contributed by atoms with van der Waals surface area (Å²) in [4.78, 5) is 13.8. The van der Waals surface area contributed by atoms with E-state index in [1.54, 1.807) is 12.3 Å². The predicted molar refractivity (Wildman–Crippen MR) is 147 cm³/mol. The molecule has 5 unspecified atom stereocenters. The number of pyridine rings is 1. The van der Waals surface area contributed by atoms with Gasteiger partial charge in [-0.2, -0.15) is 0 Å². The van der Waals surface area contributed by atoms with Gasteiger partial charge in [-0.3, -0.25) is 4.79 Å². The van der Waals surface area contributed by atoms with E-state index in [0.717, 1.165) is 54.9 Å². The first-order valence-corrected chi connectivity index (χ1v) is 13.7. The second-order valence-electron chi connectivity index (χ2n) is 11.6. The molecule has 6 heteroatoms. The number of allylic oxidation sites excluding steroid dienone is 2. The van der Waals surface area contributed by atoms with E-state index in [2.05, 4.69) is 47.6 Å². The highest BCUT2D eigenvalue weighted by atomic mass is 35.5. The molecular weight excluding hydrogens is 472 g/mol. The van der Waals surface area contributed by atoms with Crippen molar-refractivity contribution in [3.05, 3.63) is 64.1 Å². The molecule has 1 heterocycles. The maximum Gasteiger partial charge on any atom is 0.248 e. The smallest absolute Gasteiger partial charge is 0.248 e. The maximum atomic E-state index is 12.3. The summed E-state index contributed by atoms with van der Waals surface area (Å²) < 4.78 is 0. The van der Waals surface area contributed by atoms with E-state index in [1.807, 2.05) is 14.1 Å². The van der Waals surface area contributed by atoms with Crippen LogP contribution in [0.5, 0.6) is 0 Å². The van der Waals surface area contributed by atoms with Crippen LogP contribution in [0.3, 0.4) is 0 Å². The number of H-pyrrole nitrogens is 1. The molecule has 0 radical (unpaired) electrons. The van der Waals surface area contributed by atoms with E-state index >= 15 is 0 Å².